The highest BCUT2D eigenvalue weighted by Crippen LogP contribution is 2.17. The summed E-state index contributed by atoms with van der Waals surface area (Å²) in [4.78, 5) is 19.7. The van der Waals surface area contributed by atoms with E-state index in [1.54, 1.807) is 12.1 Å². The maximum atomic E-state index is 12.0. The van der Waals surface area contributed by atoms with Gasteiger partial charge in [0, 0.05) is 5.02 Å². The van der Waals surface area contributed by atoms with E-state index in [2.05, 4.69) is 15.3 Å². The van der Waals surface area contributed by atoms with Crippen LogP contribution in [0.1, 0.15) is 29.0 Å². The molecule has 0 fully saturated rings. The van der Waals surface area contributed by atoms with Crippen LogP contribution in [0.2, 0.25) is 5.02 Å². The summed E-state index contributed by atoms with van der Waals surface area (Å²) >= 11 is 5.91. The number of carbonyl (C=O) groups is 1. The molecule has 0 saturated carbocycles. The van der Waals surface area contributed by atoms with Gasteiger partial charge in [-0.2, -0.15) is 0 Å². The summed E-state index contributed by atoms with van der Waals surface area (Å²) in [5.74, 6) is -0.115. The Kier molecular flexibility index (Phi) is 3.97. The molecule has 1 unspecified atom stereocenters. The van der Waals surface area contributed by atoms with E-state index in [0.29, 0.717) is 5.02 Å². The summed E-state index contributed by atoms with van der Waals surface area (Å²) in [5.41, 5.74) is 6.59. The summed E-state index contributed by atoms with van der Waals surface area (Å²) in [7, 11) is 0. The number of hydrogen-bond donors (Lipinski definition) is 2. The van der Waals surface area contributed by atoms with Crippen molar-refractivity contribution in [2.75, 3.05) is 5.73 Å². The predicted molar refractivity (Wildman–Crippen MR) is 73.8 cm³/mol. The van der Waals surface area contributed by atoms with Crippen LogP contribution in [0.4, 0.5) is 5.82 Å². The van der Waals surface area contributed by atoms with Crippen molar-refractivity contribution in [2.45, 2.75) is 13.0 Å². The Morgan fingerprint density at radius 1 is 1.42 bits per heavy atom. The molecular weight excluding hydrogens is 264 g/mol. The lowest BCUT2D eigenvalue weighted by Gasteiger charge is -2.14. The predicted octanol–water partition coefficient (Wildman–Crippen LogP) is 2.20. The highest BCUT2D eigenvalue weighted by atomic mass is 35.5. The third-order valence-electron chi connectivity index (χ3n) is 2.58. The number of hydrogen-bond acceptors (Lipinski definition) is 4. The Hall–Kier alpha value is -2.14. The number of carbonyl (C=O) groups excluding carboxylic acids is 1. The SMILES string of the molecule is CC(NC(=O)c1cncc(N)n1)c1cccc(Cl)c1. The normalized spacial score (nSPS) is 11.9. The Balaban J connectivity index is 2.11. The van der Waals surface area contributed by atoms with Crippen molar-refractivity contribution in [2.24, 2.45) is 0 Å². The van der Waals surface area contributed by atoms with Crippen LogP contribution in [0, 0.1) is 0 Å². The van der Waals surface area contributed by atoms with Crippen molar-refractivity contribution in [1.29, 1.82) is 0 Å². The number of nitrogens with zero attached hydrogens (tertiary/aromatic N) is 2. The minimum Gasteiger partial charge on any atom is -0.382 e. The number of nitrogen functional groups attached to an aromatic ring is 1. The number of halogens is 1. The molecule has 1 atom stereocenters. The standard InChI is InChI=1S/C13H13ClN4O/c1-8(9-3-2-4-10(14)5-9)17-13(19)11-6-16-7-12(15)18-11/h2-8H,1H3,(H2,15,18)(H,17,19). The molecule has 6 heteroatoms. The lowest BCUT2D eigenvalue weighted by molar-refractivity contribution is 0.0934. The third-order valence-corrected chi connectivity index (χ3v) is 2.82. The Morgan fingerprint density at radius 3 is 2.89 bits per heavy atom. The molecule has 1 heterocycles. The Labute approximate surface area is 115 Å². The molecule has 98 valence electrons. The quantitative estimate of drug-likeness (QED) is 0.900. The molecule has 2 rings (SSSR count). The largest absolute Gasteiger partial charge is 0.382 e. The van der Waals surface area contributed by atoms with Crippen molar-refractivity contribution < 1.29 is 4.79 Å². The monoisotopic (exact) mass is 276 g/mol. The second-order valence-electron chi connectivity index (χ2n) is 4.08. The number of nitrogens with one attached hydrogen (secondary N) is 1. The van der Waals surface area contributed by atoms with Crippen molar-refractivity contribution in [3.05, 3.63) is 52.9 Å². The van der Waals surface area contributed by atoms with Crippen molar-refractivity contribution in [3.8, 4) is 0 Å². The van der Waals surface area contributed by atoms with Crippen LogP contribution >= 0.6 is 11.6 Å². The third kappa shape index (κ3) is 3.42. The molecule has 3 N–H and O–H groups in total. The van der Waals surface area contributed by atoms with Gasteiger partial charge in [0.25, 0.3) is 5.91 Å². The van der Waals surface area contributed by atoms with Gasteiger partial charge in [0.1, 0.15) is 11.5 Å². The maximum absolute atomic E-state index is 12.0. The van der Waals surface area contributed by atoms with Crippen molar-refractivity contribution in [1.82, 2.24) is 15.3 Å². The highest BCUT2D eigenvalue weighted by molar-refractivity contribution is 6.30. The molecule has 5 nitrogen and oxygen atoms in total. The van der Waals surface area contributed by atoms with Crippen LogP contribution in [0.25, 0.3) is 0 Å². The lowest BCUT2D eigenvalue weighted by atomic mass is 10.1. The highest BCUT2D eigenvalue weighted by Gasteiger charge is 2.13. The molecule has 1 amide bonds. The van der Waals surface area contributed by atoms with E-state index in [1.165, 1.54) is 12.4 Å². The average Bonchev–Trinajstić information content (AvgIpc) is 2.38. The number of amides is 1. The second-order valence-corrected chi connectivity index (χ2v) is 4.52. The summed E-state index contributed by atoms with van der Waals surface area (Å²) < 4.78 is 0. The zero-order chi connectivity index (χ0) is 13.8. The number of benzene rings is 1. The van der Waals surface area contributed by atoms with Crippen molar-refractivity contribution >= 4 is 23.3 Å². The van der Waals surface area contributed by atoms with E-state index < -0.39 is 0 Å². The van der Waals surface area contributed by atoms with E-state index in [0.717, 1.165) is 5.56 Å². The van der Waals surface area contributed by atoms with Gasteiger partial charge < -0.3 is 11.1 Å². The van der Waals surface area contributed by atoms with Crippen molar-refractivity contribution in [3.63, 3.8) is 0 Å². The van der Waals surface area contributed by atoms with Gasteiger partial charge in [-0.1, -0.05) is 23.7 Å². The number of rotatable bonds is 3. The Morgan fingerprint density at radius 2 is 2.21 bits per heavy atom. The molecule has 19 heavy (non-hydrogen) atoms. The minimum absolute atomic E-state index is 0.186. The van der Waals surface area contributed by atoms with Crippen LogP contribution in [0.3, 0.4) is 0 Å². The summed E-state index contributed by atoms with van der Waals surface area (Å²) in [6.07, 6.45) is 2.76. The number of nitrogens with two attached hydrogens (primary N) is 1. The lowest BCUT2D eigenvalue weighted by Crippen LogP contribution is -2.27. The summed E-state index contributed by atoms with van der Waals surface area (Å²) in [5, 5.41) is 3.44. The van der Waals surface area contributed by atoms with E-state index in [4.69, 9.17) is 17.3 Å². The summed E-state index contributed by atoms with van der Waals surface area (Å²) in [6.45, 7) is 1.86. The molecule has 0 aliphatic rings. The number of aromatic nitrogens is 2. The fourth-order valence-corrected chi connectivity index (χ4v) is 1.82. The maximum Gasteiger partial charge on any atom is 0.272 e. The molecular formula is C13H13ClN4O. The number of anilines is 1. The Bertz CT molecular complexity index is 603. The molecule has 0 radical (unpaired) electrons. The van der Waals surface area contributed by atoms with Gasteiger partial charge >= 0.3 is 0 Å². The summed E-state index contributed by atoms with van der Waals surface area (Å²) in [6, 6.07) is 7.12. The van der Waals surface area contributed by atoms with Gasteiger partial charge in [0.2, 0.25) is 0 Å². The van der Waals surface area contributed by atoms with Crippen LogP contribution in [-0.4, -0.2) is 15.9 Å². The van der Waals surface area contributed by atoms with E-state index in [-0.39, 0.29) is 23.5 Å². The van der Waals surface area contributed by atoms with Gasteiger partial charge in [-0.25, -0.2) is 4.98 Å². The first-order valence-electron chi connectivity index (χ1n) is 5.70. The topological polar surface area (TPSA) is 80.9 Å². The molecule has 0 aliphatic heterocycles. The molecule has 1 aromatic carbocycles. The first kappa shape index (κ1) is 13.3. The second kappa shape index (κ2) is 5.67. The molecule has 0 spiro atoms. The van der Waals surface area contributed by atoms with E-state index in [9.17, 15) is 4.79 Å². The van der Waals surface area contributed by atoms with E-state index >= 15 is 0 Å². The molecule has 0 aliphatic carbocycles. The van der Waals surface area contributed by atoms with Gasteiger partial charge in [-0.15, -0.1) is 0 Å². The molecule has 0 saturated heterocycles. The fourth-order valence-electron chi connectivity index (χ4n) is 1.62. The van der Waals surface area contributed by atoms with Crippen LogP contribution in [0.5, 0.6) is 0 Å². The van der Waals surface area contributed by atoms with Gasteiger partial charge in [0.15, 0.2) is 0 Å². The van der Waals surface area contributed by atoms with Crippen LogP contribution < -0.4 is 11.1 Å². The van der Waals surface area contributed by atoms with Gasteiger partial charge in [-0.3, -0.25) is 9.78 Å². The van der Waals surface area contributed by atoms with E-state index in [1.807, 2.05) is 19.1 Å². The zero-order valence-corrected chi connectivity index (χ0v) is 11.1. The van der Waals surface area contributed by atoms with Gasteiger partial charge in [0.05, 0.1) is 18.4 Å². The fraction of sp³-hybridized carbons (Fsp3) is 0.154. The first-order chi connectivity index (χ1) is 9.06. The van der Waals surface area contributed by atoms with Gasteiger partial charge in [-0.05, 0) is 24.6 Å². The molecule has 1 aromatic heterocycles. The minimum atomic E-state index is -0.327. The average molecular weight is 277 g/mol. The smallest absolute Gasteiger partial charge is 0.272 e. The van der Waals surface area contributed by atoms with Crippen LogP contribution in [-0.2, 0) is 0 Å². The molecule has 2 aromatic rings. The molecule has 0 bridgehead atoms. The van der Waals surface area contributed by atoms with Crippen LogP contribution in [0.15, 0.2) is 36.7 Å². The first-order valence-corrected chi connectivity index (χ1v) is 6.08. The zero-order valence-electron chi connectivity index (χ0n) is 10.3.